The topological polar surface area (TPSA) is 40.5 Å². The average molecular weight is 284 g/mol. The van der Waals surface area contributed by atoms with Crippen LogP contribution in [0.15, 0.2) is 12.1 Å². The van der Waals surface area contributed by atoms with E-state index < -0.39 is 0 Å². The summed E-state index contributed by atoms with van der Waals surface area (Å²) < 4.78 is 0. The summed E-state index contributed by atoms with van der Waals surface area (Å²) in [6.07, 6.45) is 0.556. The second kappa shape index (κ2) is 5.44. The number of aryl methyl sites for hydroxylation is 4. The van der Waals surface area contributed by atoms with Crippen LogP contribution >= 0.6 is 0 Å². The number of hydrogen-bond acceptors (Lipinski definition) is 2. The third-order valence-corrected chi connectivity index (χ3v) is 4.63. The minimum atomic E-state index is 0.344. The minimum Gasteiger partial charge on any atom is -0.507 e. The van der Waals surface area contributed by atoms with Gasteiger partial charge in [0, 0.05) is 17.5 Å². The number of phenols is 2. The fourth-order valence-corrected chi connectivity index (χ4v) is 2.92. The Kier molecular flexibility index (Phi) is 3.99. The molecule has 0 bridgehead atoms. The maximum Gasteiger partial charge on any atom is 0.122 e. The summed E-state index contributed by atoms with van der Waals surface area (Å²) in [5.41, 5.74) is 8.12. The van der Waals surface area contributed by atoms with Crippen molar-refractivity contribution in [3.05, 3.63) is 56.6 Å². The molecule has 21 heavy (non-hydrogen) atoms. The highest BCUT2D eigenvalue weighted by Crippen LogP contribution is 2.35. The van der Waals surface area contributed by atoms with Crippen molar-refractivity contribution in [1.82, 2.24) is 0 Å². The molecular formula is C19H24O2. The second-order valence-corrected chi connectivity index (χ2v) is 6.10. The van der Waals surface area contributed by atoms with Crippen molar-refractivity contribution >= 4 is 0 Å². The summed E-state index contributed by atoms with van der Waals surface area (Å²) >= 11 is 0. The quantitative estimate of drug-likeness (QED) is 0.850. The first-order chi connectivity index (χ1) is 9.73. The van der Waals surface area contributed by atoms with Crippen LogP contribution in [0, 0.1) is 41.5 Å². The molecule has 0 fully saturated rings. The van der Waals surface area contributed by atoms with Crippen LogP contribution in [0.4, 0.5) is 0 Å². The SMILES string of the molecule is Cc1cc(C)c(O)c(Cc2c(C)c(C)cc(C)c2O)c1C. The van der Waals surface area contributed by atoms with Gasteiger partial charge < -0.3 is 10.2 Å². The Morgan fingerprint density at radius 1 is 0.619 bits per heavy atom. The van der Waals surface area contributed by atoms with Gasteiger partial charge in [0.2, 0.25) is 0 Å². The van der Waals surface area contributed by atoms with E-state index in [-0.39, 0.29) is 0 Å². The van der Waals surface area contributed by atoms with Gasteiger partial charge in [0.25, 0.3) is 0 Å². The molecule has 0 heterocycles. The Morgan fingerprint density at radius 2 is 0.952 bits per heavy atom. The largest absolute Gasteiger partial charge is 0.507 e. The minimum absolute atomic E-state index is 0.344. The number of hydrogen-bond donors (Lipinski definition) is 2. The van der Waals surface area contributed by atoms with Crippen LogP contribution in [0.1, 0.15) is 44.5 Å². The molecule has 0 aliphatic rings. The van der Waals surface area contributed by atoms with E-state index in [1.165, 1.54) is 11.1 Å². The molecule has 0 saturated heterocycles. The molecule has 0 aromatic heterocycles. The monoisotopic (exact) mass is 284 g/mol. The van der Waals surface area contributed by atoms with Gasteiger partial charge >= 0.3 is 0 Å². The van der Waals surface area contributed by atoms with Crippen LogP contribution in [0.25, 0.3) is 0 Å². The van der Waals surface area contributed by atoms with Crippen LogP contribution in [-0.4, -0.2) is 10.2 Å². The van der Waals surface area contributed by atoms with Crippen molar-refractivity contribution in [3.8, 4) is 11.5 Å². The molecule has 0 spiro atoms. The van der Waals surface area contributed by atoms with Crippen molar-refractivity contribution in [2.45, 2.75) is 48.0 Å². The second-order valence-electron chi connectivity index (χ2n) is 6.10. The predicted molar refractivity (Wildman–Crippen MR) is 87.4 cm³/mol. The Hall–Kier alpha value is -1.96. The van der Waals surface area contributed by atoms with Crippen molar-refractivity contribution in [1.29, 1.82) is 0 Å². The molecule has 0 atom stereocenters. The Bertz CT molecular complexity index is 598. The zero-order valence-corrected chi connectivity index (χ0v) is 13.8. The Labute approximate surface area is 127 Å². The van der Waals surface area contributed by atoms with Gasteiger partial charge in [-0.1, -0.05) is 12.1 Å². The third kappa shape index (κ3) is 2.63. The number of phenolic OH excluding ortho intramolecular Hbond substituents is 2. The van der Waals surface area contributed by atoms with Crippen LogP contribution in [0.5, 0.6) is 11.5 Å². The van der Waals surface area contributed by atoms with Crippen LogP contribution in [-0.2, 0) is 6.42 Å². The Morgan fingerprint density at radius 3 is 1.29 bits per heavy atom. The van der Waals surface area contributed by atoms with E-state index in [0.29, 0.717) is 17.9 Å². The van der Waals surface area contributed by atoms with Crippen LogP contribution in [0.3, 0.4) is 0 Å². The summed E-state index contributed by atoms with van der Waals surface area (Å²) in [6.45, 7) is 12.0. The molecule has 2 aromatic carbocycles. The zero-order chi connectivity index (χ0) is 15.9. The van der Waals surface area contributed by atoms with Gasteiger partial charge in [0.1, 0.15) is 11.5 Å². The van der Waals surface area contributed by atoms with Crippen molar-refractivity contribution in [2.75, 3.05) is 0 Å². The zero-order valence-electron chi connectivity index (χ0n) is 13.8. The maximum atomic E-state index is 10.4. The first-order valence-electron chi connectivity index (χ1n) is 7.31. The van der Waals surface area contributed by atoms with Gasteiger partial charge in [-0.2, -0.15) is 0 Å². The molecule has 2 nitrogen and oxygen atoms in total. The molecule has 112 valence electrons. The number of aromatic hydroxyl groups is 2. The highest BCUT2D eigenvalue weighted by Gasteiger charge is 2.16. The number of rotatable bonds is 2. The van der Waals surface area contributed by atoms with E-state index in [1.54, 1.807) is 0 Å². The van der Waals surface area contributed by atoms with Gasteiger partial charge in [0.05, 0.1) is 0 Å². The summed E-state index contributed by atoms with van der Waals surface area (Å²) in [5.74, 6) is 0.687. The molecule has 2 N–H and O–H groups in total. The van der Waals surface area contributed by atoms with E-state index >= 15 is 0 Å². The van der Waals surface area contributed by atoms with Gasteiger partial charge in [-0.15, -0.1) is 0 Å². The smallest absolute Gasteiger partial charge is 0.122 e. The summed E-state index contributed by atoms with van der Waals surface area (Å²) in [7, 11) is 0. The molecule has 0 amide bonds. The van der Waals surface area contributed by atoms with Gasteiger partial charge in [-0.25, -0.2) is 0 Å². The molecule has 0 unspecified atom stereocenters. The maximum absolute atomic E-state index is 10.4. The third-order valence-electron chi connectivity index (χ3n) is 4.63. The molecule has 2 aromatic rings. The summed E-state index contributed by atoms with van der Waals surface area (Å²) in [4.78, 5) is 0. The number of benzene rings is 2. The molecule has 0 radical (unpaired) electrons. The normalized spacial score (nSPS) is 11.0. The highest BCUT2D eigenvalue weighted by molar-refractivity contribution is 5.55. The standard InChI is InChI=1S/C19H24O2/c1-10-7-12(3)18(20)16(14(10)5)9-17-15(6)11(2)8-13(4)19(17)21/h7-8,20-21H,9H2,1-6H3. The molecule has 0 aliphatic heterocycles. The molecule has 0 saturated carbocycles. The lowest BCUT2D eigenvalue weighted by Crippen LogP contribution is -2.01. The van der Waals surface area contributed by atoms with E-state index in [1.807, 2.05) is 39.8 Å². The molecule has 2 rings (SSSR count). The fraction of sp³-hybridized carbons (Fsp3) is 0.368. The fourth-order valence-electron chi connectivity index (χ4n) is 2.92. The van der Waals surface area contributed by atoms with Gasteiger partial charge in [-0.05, 0) is 74.9 Å². The Balaban J connectivity index is 2.64. The lowest BCUT2D eigenvalue weighted by atomic mass is 9.89. The first kappa shape index (κ1) is 15.4. The van der Waals surface area contributed by atoms with Crippen molar-refractivity contribution < 1.29 is 10.2 Å². The molecular weight excluding hydrogens is 260 g/mol. The lowest BCUT2D eigenvalue weighted by Gasteiger charge is -2.18. The van der Waals surface area contributed by atoms with E-state index in [9.17, 15) is 10.2 Å². The lowest BCUT2D eigenvalue weighted by molar-refractivity contribution is 0.457. The predicted octanol–water partition coefficient (Wildman–Crippen LogP) is 4.54. The first-order valence-corrected chi connectivity index (χ1v) is 7.31. The summed E-state index contributed by atoms with van der Waals surface area (Å²) in [6, 6.07) is 4.00. The highest BCUT2D eigenvalue weighted by atomic mass is 16.3. The van der Waals surface area contributed by atoms with E-state index in [4.69, 9.17) is 0 Å². The summed E-state index contributed by atoms with van der Waals surface area (Å²) in [5, 5.41) is 20.8. The van der Waals surface area contributed by atoms with E-state index in [2.05, 4.69) is 13.8 Å². The van der Waals surface area contributed by atoms with Crippen LogP contribution in [0.2, 0.25) is 0 Å². The van der Waals surface area contributed by atoms with Gasteiger partial charge in [-0.3, -0.25) is 0 Å². The van der Waals surface area contributed by atoms with Crippen molar-refractivity contribution in [3.63, 3.8) is 0 Å². The molecule has 2 heteroatoms. The molecule has 0 aliphatic carbocycles. The van der Waals surface area contributed by atoms with E-state index in [0.717, 1.165) is 33.4 Å². The van der Waals surface area contributed by atoms with Crippen molar-refractivity contribution in [2.24, 2.45) is 0 Å². The van der Waals surface area contributed by atoms with Crippen LogP contribution < -0.4 is 0 Å². The van der Waals surface area contributed by atoms with Gasteiger partial charge in [0.15, 0.2) is 0 Å². The average Bonchev–Trinajstić information content (AvgIpc) is 2.42.